The summed E-state index contributed by atoms with van der Waals surface area (Å²) < 4.78 is 62.1. The van der Waals surface area contributed by atoms with Gasteiger partial charge in [-0.25, -0.2) is 21.6 Å². The lowest BCUT2D eigenvalue weighted by atomic mass is 9.77. The van der Waals surface area contributed by atoms with E-state index in [4.69, 9.17) is 4.74 Å². The summed E-state index contributed by atoms with van der Waals surface area (Å²) in [6.45, 7) is 12.3. The molecular formula is C27H36N2O6S2. The molecule has 2 heterocycles. The number of carbonyl (C=O) groups excluding carboxylic acids is 1. The summed E-state index contributed by atoms with van der Waals surface area (Å²) in [4.78, 5) is 14.3. The van der Waals surface area contributed by atoms with Crippen LogP contribution in [0, 0.1) is 6.92 Å². The predicted octanol–water partition coefficient (Wildman–Crippen LogP) is 3.55. The molecule has 0 radical (unpaired) electrons. The van der Waals surface area contributed by atoms with Crippen molar-refractivity contribution in [3.8, 4) is 0 Å². The lowest BCUT2D eigenvalue weighted by Crippen LogP contribution is -2.46. The normalized spacial score (nSPS) is 19.6. The molecule has 2 aliphatic rings. The highest BCUT2D eigenvalue weighted by Gasteiger charge is 2.41. The maximum Gasteiger partial charge on any atom is 0.320 e. The van der Waals surface area contributed by atoms with Crippen molar-refractivity contribution in [1.29, 1.82) is 0 Å². The van der Waals surface area contributed by atoms with Crippen LogP contribution in [0.25, 0.3) is 0 Å². The molecular weight excluding hydrogens is 512 g/mol. The van der Waals surface area contributed by atoms with Crippen LogP contribution in [-0.2, 0) is 34.8 Å². The molecule has 0 amide bonds. The van der Waals surface area contributed by atoms with E-state index in [1.165, 1.54) is 6.07 Å². The van der Waals surface area contributed by atoms with Gasteiger partial charge in [-0.05, 0) is 69.4 Å². The van der Waals surface area contributed by atoms with Crippen LogP contribution in [0.3, 0.4) is 0 Å². The molecule has 4 rings (SSSR count). The lowest BCUT2D eigenvalue weighted by Gasteiger charge is -2.35. The lowest BCUT2D eigenvalue weighted by molar-refractivity contribution is -0.156. The van der Waals surface area contributed by atoms with Crippen LogP contribution in [0.15, 0.2) is 51.1 Å². The van der Waals surface area contributed by atoms with Gasteiger partial charge in [0.05, 0.1) is 21.2 Å². The highest BCUT2D eigenvalue weighted by molar-refractivity contribution is 7.92. The molecule has 0 spiro atoms. The Morgan fingerprint density at radius 1 is 1.08 bits per heavy atom. The Kier molecular flexibility index (Phi) is 7.11. The number of carbonyl (C=O) groups is 1. The van der Waals surface area contributed by atoms with Crippen LogP contribution in [-0.4, -0.2) is 59.0 Å². The number of piperidine rings is 1. The Labute approximate surface area is 220 Å². The zero-order valence-corrected chi connectivity index (χ0v) is 23.9. The van der Waals surface area contributed by atoms with Crippen LogP contribution >= 0.6 is 0 Å². The fraction of sp³-hybridized carbons (Fsp3) is 0.519. The Bertz CT molecular complexity index is 1430. The van der Waals surface area contributed by atoms with Crippen molar-refractivity contribution in [1.82, 2.24) is 9.62 Å². The van der Waals surface area contributed by atoms with E-state index < -0.39 is 30.9 Å². The topological polar surface area (TPSA) is 110 Å². The first-order valence-electron chi connectivity index (χ1n) is 12.5. The molecule has 0 aliphatic carbocycles. The number of sulfonamides is 1. The number of aryl methyl sites for hydroxylation is 1. The second-order valence-corrected chi connectivity index (χ2v) is 15.1. The van der Waals surface area contributed by atoms with E-state index in [9.17, 15) is 21.6 Å². The van der Waals surface area contributed by atoms with Gasteiger partial charge >= 0.3 is 5.97 Å². The predicted molar refractivity (Wildman–Crippen MR) is 141 cm³/mol. The first-order valence-corrected chi connectivity index (χ1v) is 15.5. The minimum absolute atomic E-state index is 0.0267. The zero-order valence-electron chi connectivity index (χ0n) is 22.3. The van der Waals surface area contributed by atoms with E-state index in [2.05, 4.69) is 4.72 Å². The number of sulfone groups is 1. The summed E-state index contributed by atoms with van der Waals surface area (Å²) in [5.74, 6) is -0.304. The number of nitrogens with zero attached hydrogens (tertiary/aromatic N) is 1. The van der Waals surface area contributed by atoms with Gasteiger partial charge in [0.2, 0.25) is 19.9 Å². The molecule has 2 aromatic rings. The van der Waals surface area contributed by atoms with Crippen molar-refractivity contribution in [2.45, 2.75) is 86.1 Å². The minimum Gasteiger partial charge on any atom is -0.459 e. The number of fused-ring (bicyclic) bond motifs is 2. The molecule has 37 heavy (non-hydrogen) atoms. The third kappa shape index (κ3) is 5.48. The van der Waals surface area contributed by atoms with Crippen LogP contribution in [0.5, 0.6) is 0 Å². The molecule has 2 aromatic carbocycles. The van der Waals surface area contributed by atoms with Crippen molar-refractivity contribution in [2.24, 2.45) is 0 Å². The van der Waals surface area contributed by atoms with E-state index in [0.29, 0.717) is 42.6 Å². The standard InChI is InChI=1S/C27H36N2O6S2/c1-18-15-21-24(36(31,32)22-10-8-7-9-20(22)27(21,5)6)16-23(18)37(33,34)28-19-11-13-29(14-12-19)17-25(30)35-26(2,3)4/h7-10,15-16,19,28H,11-14,17H2,1-6H3. The summed E-state index contributed by atoms with van der Waals surface area (Å²) in [7, 11) is -7.86. The van der Waals surface area contributed by atoms with Gasteiger partial charge in [0.1, 0.15) is 5.60 Å². The molecule has 0 bridgehead atoms. The number of hydrogen-bond acceptors (Lipinski definition) is 7. The number of esters is 1. The van der Waals surface area contributed by atoms with Gasteiger partial charge in [-0.15, -0.1) is 0 Å². The molecule has 1 saturated heterocycles. The van der Waals surface area contributed by atoms with Gasteiger partial charge in [0.15, 0.2) is 0 Å². The molecule has 8 nitrogen and oxygen atoms in total. The number of nitrogens with one attached hydrogen (secondary N) is 1. The summed E-state index contributed by atoms with van der Waals surface area (Å²) in [6.07, 6.45) is 1.06. The number of ether oxygens (including phenoxy) is 1. The average molecular weight is 549 g/mol. The van der Waals surface area contributed by atoms with Gasteiger partial charge in [-0.2, -0.15) is 0 Å². The molecule has 0 atom stereocenters. The van der Waals surface area contributed by atoms with E-state index >= 15 is 0 Å². The van der Waals surface area contributed by atoms with Crippen molar-refractivity contribution < 1.29 is 26.4 Å². The summed E-state index contributed by atoms with van der Waals surface area (Å²) >= 11 is 0. The van der Waals surface area contributed by atoms with Crippen molar-refractivity contribution in [2.75, 3.05) is 19.6 Å². The van der Waals surface area contributed by atoms with Crippen molar-refractivity contribution in [3.05, 3.63) is 53.1 Å². The summed E-state index contributed by atoms with van der Waals surface area (Å²) in [6, 6.07) is 9.58. The third-order valence-corrected chi connectivity index (χ3v) is 10.6. The summed E-state index contributed by atoms with van der Waals surface area (Å²) in [5, 5.41) is 0. The van der Waals surface area contributed by atoms with Crippen LogP contribution in [0.1, 0.15) is 64.2 Å². The fourth-order valence-electron chi connectivity index (χ4n) is 5.20. The highest BCUT2D eigenvalue weighted by atomic mass is 32.2. The second-order valence-electron chi connectivity index (χ2n) is 11.5. The van der Waals surface area contributed by atoms with Gasteiger partial charge in [-0.1, -0.05) is 38.1 Å². The first kappa shape index (κ1) is 27.8. The van der Waals surface area contributed by atoms with Gasteiger partial charge in [0.25, 0.3) is 0 Å². The SMILES string of the molecule is Cc1cc2c(cc1S(=O)(=O)NC1CCN(CC(=O)OC(C)(C)C)CC1)S(=O)(=O)c1ccccc1C2(C)C. The second kappa shape index (κ2) is 9.48. The maximum atomic E-state index is 13.5. The van der Waals surface area contributed by atoms with E-state index in [0.717, 1.165) is 0 Å². The number of hydrogen-bond donors (Lipinski definition) is 1. The molecule has 10 heteroatoms. The molecule has 1 N–H and O–H groups in total. The largest absolute Gasteiger partial charge is 0.459 e. The van der Waals surface area contributed by atoms with Crippen molar-refractivity contribution >= 4 is 25.8 Å². The minimum atomic E-state index is -3.98. The number of benzene rings is 2. The highest BCUT2D eigenvalue weighted by Crippen LogP contribution is 2.46. The Morgan fingerprint density at radius 2 is 1.70 bits per heavy atom. The van der Waals surface area contributed by atoms with Gasteiger partial charge < -0.3 is 4.74 Å². The Hall–Kier alpha value is -2.27. The smallest absolute Gasteiger partial charge is 0.320 e. The van der Waals surface area contributed by atoms with Gasteiger partial charge in [0, 0.05) is 24.5 Å². The van der Waals surface area contributed by atoms with E-state index in [1.807, 2.05) is 51.7 Å². The molecule has 0 aromatic heterocycles. The van der Waals surface area contributed by atoms with E-state index in [1.54, 1.807) is 25.1 Å². The maximum absolute atomic E-state index is 13.5. The zero-order chi connectivity index (χ0) is 27.4. The molecule has 202 valence electrons. The van der Waals surface area contributed by atoms with Crippen molar-refractivity contribution in [3.63, 3.8) is 0 Å². The number of likely N-dealkylation sites (tertiary alicyclic amines) is 1. The Balaban J connectivity index is 1.54. The van der Waals surface area contributed by atoms with Gasteiger partial charge in [-0.3, -0.25) is 9.69 Å². The van der Waals surface area contributed by atoms with Crippen LogP contribution in [0.2, 0.25) is 0 Å². The fourth-order valence-corrected chi connectivity index (χ4v) is 8.81. The molecule has 0 saturated carbocycles. The Morgan fingerprint density at radius 3 is 2.32 bits per heavy atom. The van der Waals surface area contributed by atoms with Crippen LogP contribution < -0.4 is 4.72 Å². The monoisotopic (exact) mass is 548 g/mol. The third-order valence-electron chi connectivity index (χ3n) is 7.06. The molecule has 2 aliphatic heterocycles. The average Bonchev–Trinajstić information content (AvgIpc) is 2.77. The van der Waals surface area contributed by atoms with E-state index in [-0.39, 0.29) is 33.2 Å². The molecule has 0 unspecified atom stereocenters. The summed E-state index contributed by atoms with van der Waals surface area (Å²) in [5.41, 5.74) is 0.643. The molecule has 1 fully saturated rings. The van der Waals surface area contributed by atoms with Crippen LogP contribution in [0.4, 0.5) is 0 Å². The first-order chi connectivity index (χ1) is 17.0. The number of rotatable bonds is 5. The quantitative estimate of drug-likeness (QED) is 0.569.